The van der Waals surface area contributed by atoms with Gasteiger partial charge in [0.15, 0.2) is 19.0 Å². The summed E-state index contributed by atoms with van der Waals surface area (Å²) in [5.74, 6) is 0.131. The smallest absolute Gasteiger partial charge is 0.265 e. The van der Waals surface area contributed by atoms with Gasteiger partial charge in [0.25, 0.3) is 5.91 Å². The summed E-state index contributed by atoms with van der Waals surface area (Å²) in [7, 11) is 0. The van der Waals surface area contributed by atoms with Crippen molar-refractivity contribution in [2.45, 2.75) is 32.2 Å². The fraction of sp³-hybridized carbons (Fsp3) is 0.423. The van der Waals surface area contributed by atoms with E-state index < -0.39 is 6.04 Å². The quantitative estimate of drug-likeness (QED) is 0.532. The van der Waals surface area contributed by atoms with Crippen LogP contribution in [0.1, 0.15) is 36.5 Å². The molecule has 0 radical (unpaired) electrons. The lowest BCUT2D eigenvalue weighted by Crippen LogP contribution is -2.52. The average molecular weight is 500 g/mol. The van der Waals surface area contributed by atoms with E-state index in [1.807, 2.05) is 0 Å². The molecule has 2 aromatic carbocycles. The zero-order chi connectivity index (χ0) is 24.8. The molecule has 0 saturated carbocycles. The number of hydrogen-bond donors (Lipinski definition) is 1. The van der Waals surface area contributed by atoms with Crippen molar-refractivity contribution in [3.05, 3.63) is 53.1 Å². The van der Waals surface area contributed by atoms with E-state index in [1.165, 1.54) is 24.2 Å². The van der Waals surface area contributed by atoms with Crippen LogP contribution in [0.25, 0.3) is 0 Å². The van der Waals surface area contributed by atoms with Crippen molar-refractivity contribution in [1.29, 1.82) is 0 Å². The lowest BCUT2D eigenvalue weighted by molar-refractivity contribution is -0.127. The SMILES string of the molecule is C[C@H](C(=O)NCCN1CCCCC1)N1C(=O)COc2ccc(C(=O)COc3ccc(Cl)cc3)cc21. The van der Waals surface area contributed by atoms with E-state index in [9.17, 15) is 14.4 Å². The molecule has 1 fully saturated rings. The van der Waals surface area contributed by atoms with Crippen molar-refractivity contribution in [1.82, 2.24) is 10.2 Å². The number of amides is 2. The second-order valence-electron chi connectivity index (χ2n) is 8.77. The van der Waals surface area contributed by atoms with Crippen molar-refractivity contribution >= 4 is 34.9 Å². The number of nitrogens with zero attached hydrogens (tertiary/aromatic N) is 2. The van der Waals surface area contributed by atoms with Gasteiger partial charge in [-0.1, -0.05) is 18.0 Å². The summed E-state index contributed by atoms with van der Waals surface area (Å²) in [4.78, 5) is 42.1. The molecule has 0 aromatic heterocycles. The summed E-state index contributed by atoms with van der Waals surface area (Å²) in [6.45, 7) is 4.76. The third-order valence-electron chi connectivity index (χ3n) is 6.29. The van der Waals surface area contributed by atoms with Crippen LogP contribution in [0.3, 0.4) is 0 Å². The van der Waals surface area contributed by atoms with Crippen molar-refractivity contribution < 1.29 is 23.9 Å². The van der Waals surface area contributed by atoms with Gasteiger partial charge in [-0.2, -0.15) is 0 Å². The van der Waals surface area contributed by atoms with Crippen LogP contribution >= 0.6 is 11.6 Å². The lowest BCUT2D eigenvalue weighted by Gasteiger charge is -2.34. The van der Waals surface area contributed by atoms with Gasteiger partial charge in [0.2, 0.25) is 5.91 Å². The molecule has 0 bridgehead atoms. The third-order valence-corrected chi connectivity index (χ3v) is 6.54. The molecule has 2 heterocycles. The van der Waals surface area contributed by atoms with Crippen molar-refractivity contribution in [2.24, 2.45) is 0 Å². The molecule has 0 spiro atoms. The van der Waals surface area contributed by atoms with E-state index in [4.69, 9.17) is 21.1 Å². The molecular weight excluding hydrogens is 470 g/mol. The van der Waals surface area contributed by atoms with Crippen LogP contribution in [0.5, 0.6) is 11.5 Å². The molecule has 2 aliphatic heterocycles. The minimum Gasteiger partial charge on any atom is -0.485 e. The minimum atomic E-state index is -0.748. The first-order valence-corrected chi connectivity index (χ1v) is 12.3. The number of halogens is 1. The van der Waals surface area contributed by atoms with E-state index in [1.54, 1.807) is 49.4 Å². The number of nitrogens with one attached hydrogen (secondary N) is 1. The Kier molecular flexibility index (Phi) is 8.25. The summed E-state index contributed by atoms with van der Waals surface area (Å²) < 4.78 is 11.1. The van der Waals surface area contributed by atoms with Gasteiger partial charge in [0, 0.05) is 23.7 Å². The number of benzene rings is 2. The van der Waals surface area contributed by atoms with Crippen molar-refractivity contribution in [3.63, 3.8) is 0 Å². The van der Waals surface area contributed by atoms with Gasteiger partial charge >= 0.3 is 0 Å². The molecule has 1 N–H and O–H groups in total. The van der Waals surface area contributed by atoms with Crippen molar-refractivity contribution in [2.75, 3.05) is 44.3 Å². The van der Waals surface area contributed by atoms with Crippen molar-refractivity contribution in [3.8, 4) is 11.5 Å². The third kappa shape index (κ3) is 6.32. The van der Waals surface area contributed by atoms with E-state index >= 15 is 0 Å². The maximum atomic E-state index is 12.9. The zero-order valence-corrected chi connectivity index (χ0v) is 20.6. The monoisotopic (exact) mass is 499 g/mol. The normalized spacial score (nSPS) is 16.7. The lowest BCUT2D eigenvalue weighted by atomic mass is 10.1. The highest BCUT2D eigenvalue weighted by molar-refractivity contribution is 6.30. The van der Waals surface area contributed by atoms with Crippen LogP contribution in [0.2, 0.25) is 5.02 Å². The number of ketones is 1. The van der Waals surface area contributed by atoms with Crippen LogP contribution < -0.4 is 19.7 Å². The molecule has 4 rings (SSSR count). The first-order chi connectivity index (χ1) is 16.9. The highest BCUT2D eigenvalue weighted by Gasteiger charge is 2.33. The molecule has 0 unspecified atom stereocenters. The number of piperidine rings is 1. The van der Waals surface area contributed by atoms with E-state index in [2.05, 4.69) is 10.2 Å². The number of ether oxygens (including phenoxy) is 2. The van der Waals surface area contributed by atoms with E-state index in [-0.39, 0.29) is 30.8 Å². The predicted molar refractivity (Wildman–Crippen MR) is 133 cm³/mol. The molecular formula is C26H30ClN3O5. The van der Waals surface area contributed by atoms with E-state index in [0.717, 1.165) is 19.6 Å². The molecule has 9 heteroatoms. The zero-order valence-electron chi connectivity index (χ0n) is 19.8. The maximum absolute atomic E-state index is 12.9. The van der Waals surface area contributed by atoms with Crippen LogP contribution in [0.4, 0.5) is 5.69 Å². The summed E-state index contributed by atoms with van der Waals surface area (Å²) >= 11 is 5.88. The number of carbonyl (C=O) groups is 3. The Morgan fingerprint density at radius 2 is 1.86 bits per heavy atom. The van der Waals surface area contributed by atoms with Gasteiger partial charge in [-0.05, 0) is 75.3 Å². The van der Waals surface area contributed by atoms with Crippen LogP contribution in [-0.4, -0.2) is 67.9 Å². The van der Waals surface area contributed by atoms with Gasteiger partial charge in [0.1, 0.15) is 17.5 Å². The Bertz CT molecular complexity index is 1070. The Balaban J connectivity index is 1.41. The van der Waals surface area contributed by atoms with Gasteiger partial charge < -0.3 is 19.7 Å². The first kappa shape index (κ1) is 25.0. The van der Waals surface area contributed by atoms with Gasteiger partial charge in [0.05, 0.1) is 5.69 Å². The summed E-state index contributed by atoms with van der Waals surface area (Å²) in [5, 5.41) is 3.52. The van der Waals surface area contributed by atoms with Gasteiger partial charge in [-0.15, -0.1) is 0 Å². The van der Waals surface area contributed by atoms with Crippen LogP contribution in [-0.2, 0) is 9.59 Å². The molecule has 8 nitrogen and oxygen atoms in total. The van der Waals surface area contributed by atoms with Crippen LogP contribution in [0.15, 0.2) is 42.5 Å². The highest BCUT2D eigenvalue weighted by atomic mass is 35.5. The molecule has 1 saturated heterocycles. The Morgan fingerprint density at radius 1 is 1.11 bits per heavy atom. The average Bonchev–Trinajstić information content (AvgIpc) is 2.88. The van der Waals surface area contributed by atoms with Crippen LogP contribution in [0, 0.1) is 0 Å². The number of likely N-dealkylation sites (tertiary alicyclic amines) is 1. The fourth-order valence-electron chi connectivity index (χ4n) is 4.32. The standard InChI is InChI=1S/C26H30ClN3O5/c1-18(26(33)28-11-14-29-12-3-2-4-13-29)30-22-15-19(5-10-24(22)35-17-25(30)32)23(31)16-34-21-8-6-20(27)7-9-21/h5-10,15,18H,2-4,11-14,16-17H2,1H3,(H,28,33)/t18-/m1/s1. The highest BCUT2D eigenvalue weighted by Crippen LogP contribution is 2.34. The Hall–Kier alpha value is -3.10. The number of hydrogen-bond acceptors (Lipinski definition) is 6. The predicted octanol–water partition coefficient (Wildman–Crippen LogP) is 3.32. The maximum Gasteiger partial charge on any atom is 0.265 e. The van der Waals surface area contributed by atoms with Gasteiger partial charge in [-0.25, -0.2) is 0 Å². The Labute approximate surface area is 210 Å². The molecule has 0 aliphatic carbocycles. The summed E-state index contributed by atoms with van der Waals surface area (Å²) in [5.41, 5.74) is 0.760. The molecule has 2 aromatic rings. The Morgan fingerprint density at radius 3 is 2.60 bits per heavy atom. The van der Waals surface area contributed by atoms with E-state index in [0.29, 0.717) is 34.3 Å². The largest absolute Gasteiger partial charge is 0.485 e. The second kappa shape index (κ2) is 11.6. The summed E-state index contributed by atoms with van der Waals surface area (Å²) in [6, 6.07) is 10.8. The number of carbonyl (C=O) groups excluding carboxylic acids is 3. The fourth-order valence-corrected chi connectivity index (χ4v) is 4.44. The molecule has 186 valence electrons. The molecule has 35 heavy (non-hydrogen) atoms. The first-order valence-electron chi connectivity index (χ1n) is 11.9. The topological polar surface area (TPSA) is 88.2 Å². The number of anilines is 1. The number of Topliss-reactive ketones (excluding diaryl/α,β-unsaturated/α-hetero) is 1. The minimum absolute atomic E-state index is 0.161. The second-order valence-corrected chi connectivity index (χ2v) is 9.21. The van der Waals surface area contributed by atoms with Gasteiger partial charge in [-0.3, -0.25) is 19.3 Å². The number of rotatable bonds is 9. The number of fused-ring (bicyclic) bond motifs is 1. The molecule has 1 atom stereocenters. The summed E-state index contributed by atoms with van der Waals surface area (Å²) in [6.07, 6.45) is 3.64. The molecule has 2 amide bonds. The molecule has 2 aliphatic rings.